The lowest BCUT2D eigenvalue weighted by Crippen LogP contribution is -1.97. The van der Waals surface area contributed by atoms with E-state index in [9.17, 15) is 0 Å². The molecule has 7 heteroatoms. The second kappa shape index (κ2) is 5.61. The van der Waals surface area contributed by atoms with Crippen LogP contribution in [-0.4, -0.2) is 36.2 Å². The number of hydrogen-bond donors (Lipinski definition) is 3. The number of fused-ring (bicyclic) bond motifs is 3. The third kappa shape index (κ3) is 2.30. The number of nitrogens with zero attached hydrogens (tertiary/aromatic N) is 4. The van der Waals surface area contributed by atoms with Crippen LogP contribution in [-0.2, 0) is 6.42 Å². The Morgan fingerprint density at radius 2 is 2.17 bits per heavy atom. The van der Waals surface area contributed by atoms with Crippen molar-refractivity contribution in [1.29, 1.82) is 0 Å². The molecule has 0 spiro atoms. The number of aryl methyl sites for hydroxylation is 2. The molecular formula is C17H18N6O. The largest absolute Gasteiger partial charge is 0.396 e. The van der Waals surface area contributed by atoms with Gasteiger partial charge in [0.2, 0.25) is 0 Å². The summed E-state index contributed by atoms with van der Waals surface area (Å²) in [5.74, 6) is 2.16. The Kier molecular flexibility index (Phi) is 3.42. The van der Waals surface area contributed by atoms with Gasteiger partial charge in [0.1, 0.15) is 28.5 Å². The molecule has 0 bridgehead atoms. The second-order valence-corrected chi connectivity index (χ2v) is 5.78. The minimum Gasteiger partial charge on any atom is -0.396 e. The number of nitrogen functional groups attached to an aromatic ring is 1. The van der Waals surface area contributed by atoms with E-state index in [1.54, 1.807) is 6.20 Å². The summed E-state index contributed by atoms with van der Waals surface area (Å²) in [5.41, 5.74) is 9.47. The monoisotopic (exact) mass is 322 g/mol. The number of rotatable bonds is 4. The van der Waals surface area contributed by atoms with E-state index in [0.717, 1.165) is 39.3 Å². The van der Waals surface area contributed by atoms with Crippen LogP contribution in [0.2, 0.25) is 0 Å². The molecule has 0 fully saturated rings. The molecule has 0 amide bonds. The summed E-state index contributed by atoms with van der Waals surface area (Å²) in [6.45, 7) is 2.09. The van der Waals surface area contributed by atoms with Crippen LogP contribution < -0.4 is 5.73 Å². The van der Waals surface area contributed by atoms with Crippen LogP contribution in [0.25, 0.3) is 27.6 Å². The molecule has 0 radical (unpaired) electrons. The number of aromatic nitrogens is 5. The fourth-order valence-corrected chi connectivity index (χ4v) is 2.97. The topological polar surface area (TPSA) is 106 Å². The van der Waals surface area contributed by atoms with Gasteiger partial charge in [-0.3, -0.25) is 0 Å². The molecule has 4 aromatic rings. The van der Waals surface area contributed by atoms with Gasteiger partial charge in [0.05, 0.1) is 5.52 Å². The maximum atomic E-state index is 8.99. The number of benzene rings is 1. The van der Waals surface area contributed by atoms with Crippen molar-refractivity contribution in [3.63, 3.8) is 0 Å². The summed E-state index contributed by atoms with van der Waals surface area (Å²) in [5, 5.41) is 9.94. The summed E-state index contributed by atoms with van der Waals surface area (Å²) in [4.78, 5) is 16.6. The van der Waals surface area contributed by atoms with Crippen LogP contribution in [0, 0.1) is 6.92 Å². The predicted octanol–water partition coefficient (Wildman–Crippen LogP) is 2.11. The van der Waals surface area contributed by atoms with Crippen molar-refractivity contribution in [3.8, 4) is 5.69 Å². The lowest BCUT2D eigenvalue weighted by Gasteiger charge is -2.07. The fourth-order valence-electron chi connectivity index (χ4n) is 2.97. The van der Waals surface area contributed by atoms with Crippen molar-refractivity contribution in [1.82, 2.24) is 24.5 Å². The highest BCUT2D eigenvalue weighted by Gasteiger charge is 2.12. The number of pyridine rings is 1. The SMILES string of the molecule is Cc1nccn1-c1ccc2c(c1)nc(N)c1[nH]c(CCCO)nc12. The Morgan fingerprint density at radius 3 is 2.92 bits per heavy atom. The Labute approximate surface area is 138 Å². The van der Waals surface area contributed by atoms with Gasteiger partial charge < -0.3 is 20.4 Å². The third-order valence-electron chi connectivity index (χ3n) is 4.16. The van der Waals surface area contributed by atoms with Crippen molar-refractivity contribution in [2.75, 3.05) is 12.3 Å². The van der Waals surface area contributed by atoms with Gasteiger partial charge in [0, 0.05) is 36.5 Å². The zero-order chi connectivity index (χ0) is 16.7. The highest BCUT2D eigenvalue weighted by molar-refractivity contribution is 6.06. The summed E-state index contributed by atoms with van der Waals surface area (Å²) in [6, 6.07) is 6.02. The number of nitrogens with one attached hydrogen (secondary N) is 1. The first-order valence-electron chi connectivity index (χ1n) is 7.86. The Balaban J connectivity index is 1.89. The van der Waals surface area contributed by atoms with Gasteiger partial charge in [-0.05, 0) is 31.5 Å². The maximum absolute atomic E-state index is 8.99. The third-order valence-corrected chi connectivity index (χ3v) is 4.16. The zero-order valence-electron chi connectivity index (χ0n) is 13.3. The molecule has 0 aliphatic heterocycles. The molecule has 0 aliphatic carbocycles. The van der Waals surface area contributed by atoms with Crippen LogP contribution in [0.4, 0.5) is 5.82 Å². The molecule has 0 atom stereocenters. The minimum atomic E-state index is 0.138. The standard InChI is InChI=1S/C17H18N6O/c1-10-19-6-7-23(10)11-4-5-12-13(9-11)20-17(18)16-15(12)21-14(22-16)3-2-8-24/h4-7,9,24H,2-3,8H2,1H3,(H2,18,20)(H,21,22). The van der Waals surface area contributed by atoms with Crippen LogP contribution >= 0.6 is 0 Å². The van der Waals surface area contributed by atoms with Crippen molar-refractivity contribution in [3.05, 3.63) is 42.2 Å². The van der Waals surface area contributed by atoms with E-state index >= 15 is 0 Å². The van der Waals surface area contributed by atoms with Crippen molar-refractivity contribution in [2.24, 2.45) is 0 Å². The number of aliphatic hydroxyl groups excluding tert-OH is 1. The Morgan fingerprint density at radius 1 is 1.29 bits per heavy atom. The van der Waals surface area contributed by atoms with Gasteiger partial charge in [-0.1, -0.05) is 0 Å². The van der Waals surface area contributed by atoms with E-state index in [1.807, 2.05) is 35.9 Å². The normalized spacial score (nSPS) is 11.6. The van der Waals surface area contributed by atoms with Crippen molar-refractivity contribution < 1.29 is 5.11 Å². The average molecular weight is 322 g/mol. The summed E-state index contributed by atoms with van der Waals surface area (Å²) < 4.78 is 2.00. The number of imidazole rings is 2. The van der Waals surface area contributed by atoms with Crippen LogP contribution in [0.5, 0.6) is 0 Å². The number of aromatic amines is 1. The van der Waals surface area contributed by atoms with Gasteiger partial charge in [0.15, 0.2) is 0 Å². The minimum absolute atomic E-state index is 0.138. The molecule has 0 aliphatic rings. The quantitative estimate of drug-likeness (QED) is 0.533. The first-order valence-corrected chi connectivity index (χ1v) is 7.86. The molecule has 0 saturated heterocycles. The molecule has 122 valence electrons. The van der Waals surface area contributed by atoms with E-state index in [-0.39, 0.29) is 6.61 Å². The molecule has 4 N–H and O–H groups in total. The molecule has 7 nitrogen and oxygen atoms in total. The molecular weight excluding hydrogens is 304 g/mol. The number of hydrogen-bond acceptors (Lipinski definition) is 5. The Bertz CT molecular complexity index is 1030. The average Bonchev–Trinajstić information content (AvgIpc) is 3.19. The summed E-state index contributed by atoms with van der Waals surface area (Å²) >= 11 is 0. The van der Waals surface area contributed by atoms with E-state index < -0.39 is 0 Å². The zero-order valence-corrected chi connectivity index (χ0v) is 13.3. The summed E-state index contributed by atoms with van der Waals surface area (Å²) in [7, 11) is 0. The van der Waals surface area contributed by atoms with E-state index in [2.05, 4.69) is 19.9 Å². The van der Waals surface area contributed by atoms with Crippen LogP contribution in [0.3, 0.4) is 0 Å². The van der Waals surface area contributed by atoms with Crippen LogP contribution in [0.1, 0.15) is 18.1 Å². The molecule has 24 heavy (non-hydrogen) atoms. The first kappa shape index (κ1) is 14.6. The summed E-state index contributed by atoms with van der Waals surface area (Å²) in [6.07, 6.45) is 5.03. The predicted molar refractivity (Wildman–Crippen MR) is 93.1 cm³/mol. The van der Waals surface area contributed by atoms with Crippen LogP contribution in [0.15, 0.2) is 30.6 Å². The van der Waals surface area contributed by atoms with Crippen molar-refractivity contribution >= 4 is 27.8 Å². The molecule has 3 aromatic heterocycles. The van der Waals surface area contributed by atoms with Gasteiger partial charge >= 0.3 is 0 Å². The molecule has 0 saturated carbocycles. The highest BCUT2D eigenvalue weighted by Crippen LogP contribution is 2.28. The molecule has 1 aromatic carbocycles. The van der Waals surface area contributed by atoms with Gasteiger partial charge in [0.25, 0.3) is 0 Å². The Hall–Kier alpha value is -2.93. The molecule has 0 unspecified atom stereocenters. The number of anilines is 1. The lowest BCUT2D eigenvalue weighted by atomic mass is 10.1. The van der Waals surface area contributed by atoms with Gasteiger partial charge in [-0.2, -0.15) is 0 Å². The first-order chi connectivity index (χ1) is 11.7. The smallest absolute Gasteiger partial charge is 0.150 e. The number of H-pyrrole nitrogens is 1. The van der Waals surface area contributed by atoms with Crippen molar-refractivity contribution in [2.45, 2.75) is 19.8 Å². The van der Waals surface area contributed by atoms with E-state index in [1.165, 1.54) is 0 Å². The van der Waals surface area contributed by atoms with Gasteiger partial charge in [-0.25, -0.2) is 15.0 Å². The molecule has 3 heterocycles. The van der Waals surface area contributed by atoms with E-state index in [0.29, 0.717) is 18.7 Å². The van der Waals surface area contributed by atoms with Gasteiger partial charge in [-0.15, -0.1) is 0 Å². The maximum Gasteiger partial charge on any atom is 0.150 e. The number of nitrogens with two attached hydrogens (primary N) is 1. The fraction of sp³-hybridized carbons (Fsp3) is 0.235. The van der Waals surface area contributed by atoms with E-state index in [4.69, 9.17) is 10.8 Å². The lowest BCUT2D eigenvalue weighted by molar-refractivity contribution is 0.287. The second-order valence-electron chi connectivity index (χ2n) is 5.78. The number of aliphatic hydroxyl groups is 1. The highest BCUT2D eigenvalue weighted by atomic mass is 16.2. The molecule has 4 rings (SSSR count).